The van der Waals surface area contributed by atoms with Gasteiger partial charge in [0.25, 0.3) is 5.91 Å². The molecule has 0 bridgehead atoms. The number of nitrogens with one attached hydrogen (secondary N) is 1. The fraction of sp³-hybridized carbons (Fsp3) is 0.214. The Morgan fingerprint density at radius 2 is 2.00 bits per heavy atom. The maximum atomic E-state index is 12.1. The Hall–Kier alpha value is -2.15. The molecule has 0 fully saturated rings. The molecule has 1 amide bonds. The number of nitrogens with zero attached hydrogens (tertiary/aromatic N) is 2. The number of amides is 1. The molecule has 0 aliphatic carbocycles. The molecule has 2 aromatic rings. The minimum absolute atomic E-state index is 0.156. The normalized spacial score (nSPS) is 10.2. The van der Waals surface area contributed by atoms with Crippen molar-refractivity contribution >= 4 is 33.5 Å². The van der Waals surface area contributed by atoms with Crippen LogP contribution in [0.25, 0.3) is 0 Å². The lowest BCUT2D eigenvalue weighted by Crippen LogP contribution is -2.12. The van der Waals surface area contributed by atoms with E-state index in [1.54, 1.807) is 26.1 Å². The van der Waals surface area contributed by atoms with Gasteiger partial charge in [-0.15, -0.1) is 0 Å². The number of ether oxygens (including phenoxy) is 1. The molecule has 0 aliphatic heterocycles. The van der Waals surface area contributed by atoms with E-state index in [2.05, 4.69) is 26.3 Å². The minimum atomic E-state index is -0.504. The second kappa shape index (κ2) is 6.53. The number of rotatable bonds is 4. The standard InChI is InChI=1S/C14H14BrN3O3/c1-3-21-14(20)12-8-11(17-18(12)2)13(19)16-10-6-4-9(15)5-7-10/h4-8H,3H2,1-2H3,(H,16,19). The lowest BCUT2D eigenvalue weighted by atomic mass is 10.3. The molecule has 1 heterocycles. The predicted octanol–water partition coefficient (Wildman–Crippen LogP) is 2.61. The summed E-state index contributed by atoms with van der Waals surface area (Å²) in [6.45, 7) is 1.99. The number of aromatic nitrogens is 2. The van der Waals surface area contributed by atoms with Gasteiger partial charge in [-0.25, -0.2) is 4.79 Å². The lowest BCUT2D eigenvalue weighted by Gasteiger charge is -2.02. The average Bonchev–Trinajstić information content (AvgIpc) is 2.84. The molecule has 0 unspecified atom stereocenters. The number of anilines is 1. The Bertz CT molecular complexity index is 665. The molecule has 0 atom stereocenters. The molecule has 1 aromatic heterocycles. The van der Waals surface area contributed by atoms with Crippen LogP contribution < -0.4 is 5.32 Å². The van der Waals surface area contributed by atoms with Crippen LogP contribution in [0.2, 0.25) is 0 Å². The van der Waals surface area contributed by atoms with Gasteiger partial charge in [-0.2, -0.15) is 5.10 Å². The van der Waals surface area contributed by atoms with E-state index < -0.39 is 5.97 Å². The first-order valence-corrected chi connectivity index (χ1v) is 7.08. The Balaban J connectivity index is 2.14. The highest BCUT2D eigenvalue weighted by Gasteiger charge is 2.18. The first-order valence-electron chi connectivity index (χ1n) is 6.29. The second-order valence-corrected chi connectivity index (χ2v) is 5.14. The van der Waals surface area contributed by atoms with Crippen LogP contribution in [0.1, 0.15) is 27.9 Å². The Labute approximate surface area is 130 Å². The Morgan fingerprint density at radius 1 is 1.33 bits per heavy atom. The van der Waals surface area contributed by atoms with Gasteiger partial charge in [0.2, 0.25) is 0 Å². The van der Waals surface area contributed by atoms with Gasteiger partial charge in [0.1, 0.15) is 5.69 Å². The summed E-state index contributed by atoms with van der Waals surface area (Å²) in [7, 11) is 1.59. The quantitative estimate of drug-likeness (QED) is 0.859. The third-order valence-electron chi connectivity index (χ3n) is 2.70. The summed E-state index contributed by atoms with van der Waals surface area (Å²) >= 11 is 3.32. The topological polar surface area (TPSA) is 73.2 Å². The van der Waals surface area contributed by atoms with Gasteiger partial charge in [-0.3, -0.25) is 9.48 Å². The summed E-state index contributed by atoms with van der Waals surface area (Å²) in [6, 6.07) is 8.57. The molecule has 0 spiro atoms. The van der Waals surface area contributed by atoms with Gasteiger partial charge in [0.15, 0.2) is 5.69 Å². The van der Waals surface area contributed by atoms with Crippen LogP contribution >= 0.6 is 15.9 Å². The van der Waals surface area contributed by atoms with E-state index in [4.69, 9.17) is 4.74 Å². The molecule has 6 nitrogen and oxygen atoms in total. The minimum Gasteiger partial charge on any atom is -0.461 e. The summed E-state index contributed by atoms with van der Waals surface area (Å²) in [6.07, 6.45) is 0. The molecule has 0 saturated carbocycles. The molecule has 0 saturated heterocycles. The number of halogens is 1. The second-order valence-electron chi connectivity index (χ2n) is 4.22. The highest BCUT2D eigenvalue weighted by atomic mass is 79.9. The highest BCUT2D eigenvalue weighted by molar-refractivity contribution is 9.10. The van der Waals surface area contributed by atoms with E-state index >= 15 is 0 Å². The molecule has 110 valence electrons. The summed E-state index contributed by atoms with van der Waals surface area (Å²) < 4.78 is 7.14. The molecule has 1 N–H and O–H groups in total. The molecule has 7 heteroatoms. The van der Waals surface area contributed by atoms with Crippen molar-refractivity contribution in [2.24, 2.45) is 7.05 Å². The number of esters is 1. The zero-order chi connectivity index (χ0) is 15.4. The van der Waals surface area contributed by atoms with E-state index in [0.29, 0.717) is 5.69 Å². The van der Waals surface area contributed by atoms with E-state index in [1.165, 1.54) is 10.7 Å². The molecular formula is C14H14BrN3O3. The van der Waals surface area contributed by atoms with Gasteiger partial charge in [-0.1, -0.05) is 15.9 Å². The van der Waals surface area contributed by atoms with E-state index in [9.17, 15) is 9.59 Å². The van der Waals surface area contributed by atoms with E-state index in [0.717, 1.165) is 4.47 Å². The van der Waals surface area contributed by atoms with E-state index in [1.807, 2.05) is 12.1 Å². The Morgan fingerprint density at radius 3 is 2.62 bits per heavy atom. The van der Waals surface area contributed by atoms with Crippen molar-refractivity contribution < 1.29 is 14.3 Å². The largest absolute Gasteiger partial charge is 0.461 e. The molecule has 2 rings (SSSR count). The van der Waals surface area contributed by atoms with Crippen molar-refractivity contribution in [3.05, 3.63) is 46.2 Å². The third kappa shape index (κ3) is 3.69. The number of carbonyl (C=O) groups is 2. The number of hydrogen-bond acceptors (Lipinski definition) is 4. The zero-order valence-electron chi connectivity index (χ0n) is 11.6. The fourth-order valence-electron chi connectivity index (χ4n) is 1.70. The molecule has 21 heavy (non-hydrogen) atoms. The van der Waals surface area contributed by atoms with Gasteiger partial charge in [-0.05, 0) is 31.2 Å². The SMILES string of the molecule is CCOC(=O)c1cc(C(=O)Nc2ccc(Br)cc2)nn1C. The summed E-state index contributed by atoms with van der Waals surface area (Å²) in [5.74, 6) is -0.890. The van der Waals surface area contributed by atoms with Crippen molar-refractivity contribution in [2.75, 3.05) is 11.9 Å². The smallest absolute Gasteiger partial charge is 0.356 e. The third-order valence-corrected chi connectivity index (χ3v) is 3.23. The van der Waals surface area contributed by atoms with Gasteiger partial charge in [0.05, 0.1) is 6.61 Å². The maximum Gasteiger partial charge on any atom is 0.356 e. The van der Waals surface area contributed by atoms with E-state index in [-0.39, 0.29) is 23.9 Å². The van der Waals surface area contributed by atoms with Crippen molar-refractivity contribution in [2.45, 2.75) is 6.92 Å². The zero-order valence-corrected chi connectivity index (χ0v) is 13.2. The van der Waals surface area contributed by atoms with Crippen LogP contribution in [0.3, 0.4) is 0 Å². The lowest BCUT2D eigenvalue weighted by molar-refractivity contribution is 0.0513. The van der Waals surface area contributed by atoms with Gasteiger partial charge < -0.3 is 10.1 Å². The number of hydrogen-bond donors (Lipinski definition) is 1. The van der Waals surface area contributed by atoms with Crippen molar-refractivity contribution in [1.29, 1.82) is 0 Å². The summed E-state index contributed by atoms with van der Waals surface area (Å²) in [5.41, 5.74) is 1.04. The predicted molar refractivity (Wildman–Crippen MR) is 81.3 cm³/mol. The van der Waals surface area contributed by atoms with Crippen LogP contribution in [0.5, 0.6) is 0 Å². The molecule has 1 aromatic carbocycles. The van der Waals surface area contributed by atoms with Crippen LogP contribution in [0.4, 0.5) is 5.69 Å². The first kappa shape index (κ1) is 15.2. The van der Waals surface area contributed by atoms with Crippen molar-refractivity contribution in [3.63, 3.8) is 0 Å². The number of carbonyl (C=O) groups excluding carboxylic acids is 2. The average molecular weight is 352 g/mol. The summed E-state index contributed by atoms with van der Waals surface area (Å²) in [4.78, 5) is 23.8. The first-order chi connectivity index (χ1) is 10.0. The van der Waals surface area contributed by atoms with Crippen LogP contribution in [-0.2, 0) is 11.8 Å². The van der Waals surface area contributed by atoms with Crippen LogP contribution in [0.15, 0.2) is 34.8 Å². The molecule has 0 aliphatic rings. The molecule has 0 radical (unpaired) electrons. The van der Waals surface area contributed by atoms with Crippen molar-refractivity contribution in [3.8, 4) is 0 Å². The highest BCUT2D eigenvalue weighted by Crippen LogP contribution is 2.15. The van der Waals surface area contributed by atoms with Crippen LogP contribution in [-0.4, -0.2) is 28.3 Å². The summed E-state index contributed by atoms with van der Waals surface area (Å²) in [5, 5.41) is 6.73. The van der Waals surface area contributed by atoms with Gasteiger partial charge >= 0.3 is 5.97 Å². The number of benzene rings is 1. The Kier molecular flexibility index (Phi) is 4.74. The van der Waals surface area contributed by atoms with Crippen molar-refractivity contribution in [1.82, 2.24) is 9.78 Å². The number of aryl methyl sites for hydroxylation is 1. The monoisotopic (exact) mass is 351 g/mol. The maximum absolute atomic E-state index is 12.1. The van der Waals surface area contributed by atoms with Gasteiger partial charge in [0, 0.05) is 23.3 Å². The fourth-order valence-corrected chi connectivity index (χ4v) is 1.97. The van der Waals surface area contributed by atoms with Crippen LogP contribution in [0, 0.1) is 0 Å². The molecular weight excluding hydrogens is 338 g/mol.